The molecule has 0 atom stereocenters. The highest BCUT2D eigenvalue weighted by molar-refractivity contribution is 9.10. The maximum absolute atomic E-state index is 13.2. The molecule has 5 nitrogen and oxygen atoms in total. The summed E-state index contributed by atoms with van der Waals surface area (Å²) < 4.78 is 13.9. The third kappa shape index (κ3) is 2.80. The smallest absolute Gasteiger partial charge is 0.150 e. The number of benzene rings is 1. The number of anilines is 3. The Kier molecular flexibility index (Phi) is 3.92. The Bertz CT molecular complexity index is 653. The first kappa shape index (κ1) is 13.2. The van der Waals surface area contributed by atoms with E-state index in [9.17, 15) is 4.39 Å². The second-order valence-electron chi connectivity index (χ2n) is 3.57. The average molecular weight is 322 g/mol. The highest BCUT2D eigenvalue weighted by Crippen LogP contribution is 2.28. The van der Waals surface area contributed by atoms with Crippen molar-refractivity contribution in [2.24, 2.45) is 0 Å². The summed E-state index contributed by atoms with van der Waals surface area (Å²) in [7, 11) is 1.74. The largest absolute Gasteiger partial charge is 0.372 e. The van der Waals surface area contributed by atoms with E-state index in [-0.39, 0.29) is 5.56 Å². The molecule has 0 saturated carbocycles. The molecule has 19 heavy (non-hydrogen) atoms. The van der Waals surface area contributed by atoms with E-state index in [0.717, 1.165) is 0 Å². The first-order valence-corrected chi connectivity index (χ1v) is 6.10. The van der Waals surface area contributed by atoms with Crippen LogP contribution >= 0.6 is 15.9 Å². The Morgan fingerprint density at radius 1 is 1.32 bits per heavy atom. The number of aromatic nitrogens is 2. The van der Waals surface area contributed by atoms with Gasteiger partial charge in [-0.05, 0) is 34.1 Å². The summed E-state index contributed by atoms with van der Waals surface area (Å²) in [5.74, 6) is 0.598. The van der Waals surface area contributed by atoms with Crippen LogP contribution in [0.1, 0.15) is 5.56 Å². The van der Waals surface area contributed by atoms with E-state index in [2.05, 4.69) is 36.5 Å². The van der Waals surface area contributed by atoms with Crippen molar-refractivity contribution < 1.29 is 4.39 Å². The molecule has 2 N–H and O–H groups in total. The van der Waals surface area contributed by atoms with Gasteiger partial charge in [-0.2, -0.15) is 5.26 Å². The zero-order valence-corrected chi connectivity index (χ0v) is 11.5. The van der Waals surface area contributed by atoms with Gasteiger partial charge >= 0.3 is 0 Å². The zero-order chi connectivity index (χ0) is 13.8. The zero-order valence-electron chi connectivity index (χ0n) is 9.91. The molecule has 0 saturated heterocycles. The Balaban J connectivity index is 2.34. The van der Waals surface area contributed by atoms with Crippen molar-refractivity contribution in [3.63, 3.8) is 0 Å². The lowest BCUT2D eigenvalue weighted by Crippen LogP contribution is -2.01. The predicted octanol–water partition coefficient (Wildman–Crippen LogP) is 3.04. The van der Waals surface area contributed by atoms with Crippen LogP contribution in [0.25, 0.3) is 0 Å². The molecular formula is C12H9BrFN5. The van der Waals surface area contributed by atoms with Crippen molar-refractivity contribution in [2.45, 2.75) is 0 Å². The summed E-state index contributed by atoms with van der Waals surface area (Å²) in [6, 6.07) is 5.97. The van der Waals surface area contributed by atoms with Crippen LogP contribution in [0.5, 0.6) is 0 Å². The molecule has 1 aromatic heterocycles. The Labute approximate surface area is 117 Å². The lowest BCUT2D eigenvalue weighted by atomic mass is 10.2. The minimum Gasteiger partial charge on any atom is -0.372 e. The lowest BCUT2D eigenvalue weighted by molar-refractivity contribution is 0.624. The number of hydrogen-bond acceptors (Lipinski definition) is 5. The summed E-state index contributed by atoms with van der Waals surface area (Å²) in [6.07, 6.45) is 1.40. The molecule has 0 fully saturated rings. The first-order chi connectivity index (χ1) is 9.15. The highest BCUT2D eigenvalue weighted by Gasteiger charge is 2.09. The molecule has 0 radical (unpaired) electrons. The number of rotatable bonds is 3. The van der Waals surface area contributed by atoms with Gasteiger partial charge in [-0.15, -0.1) is 0 Å². The quantitative estimate of drug-likeness (QED) is 0.909. The molecule has 7 heteroatoms. The van der Waals surface area contributed by atoms with Gasteiger partial charge in [0.15, 0.2) is 0 Å². The number of nitrogens with zero attached hydrogens (tertiary/aromatic N) is 3. The summed E-state index contributed by atoms with van der Waals surface area (Å²) >= 11 is 3.36. The first-order valence-electron chi connectivity index (χ1n) is 5.30. The molecule has 1 heterocycles. The molecule has 0 amide bonds. The highest BCUT2D eigenvalue weighted by atomic mass is 79.9. The second-order valence-corrected chi connectivity index (χ2v) is 4.36. The molecule has 2 aromatic rings. The number of nitrogens with one attached hydrogen (secondary N) is 2. The fraction of sp³-hybridized carbons (Fsp3) is 0.0833. The van der Waals surface area contributed by atoms with E-state index in [1.165, 1.54) is 24.5 Å². The second kappa shape index (κ2) is 5.63. The van der Waals surface area contributed by atoms with Gasteiger partial charge in [0.05, 0.1) is 5.56 Å². The fourth-order valence-electron chi connectivity index (χ4n) is 1.46. The molecule has 0 aliphatic rings. The van der Waals surface area contributed by atoms with E-state index in [0.29, 0.717) is 21.8 Å². The summed E-state index contributed by atoms with van der Waals surface area (Å²) in [6.45, 7) is 0. The fourth-order valence-corrected chi connectivity index (χ4v) is 1.96. The molecule has 0 aliphatic carbocycles. The van der Waals surface area contributed by atoms with E-state index in [4.69, 9.17) is 5.26 Å². The molecule has 0 aliphatic heterocycles. The van der Waals surface area contributed by atoms with Crippen molar-refractivity contribution in [2.75, 3.05) is 17.7 Å². The minimum atomic E-state index is -0.550. The number of halogens is 2. The van der Waals surface area contributed by atoms with E-state index in [1.807, 2.05) is 0 Å². The van der Waals surface area contributed by atoms with Gasteiger partial charge in [0.25, 0.3) is 0 Å². The van der Waals surface area contributed by atoms with Crippen molar-refractivity contribution in [1.29, 1.82) is 5.26 Å². The molecule has 1 aromatic carbocycles. The van der Waals surface area contributed by atoms with Gasteiger partial charge in [-0.1, -0.05) is 0 Å². The van der Waals surface area contributed by atoms with Gasteiger partial charge in [-0.3, -0.25) is 0 Å². The minimum absolute atomic E-state index is 0.0241. The third-order valence-electron chi connectivity index (χ3n) is 2.38. The summed E-state index contributed by atoms with van der Waals surface area (Å²) in [5.41, 5.74) is 0.545. The molecule has 0 bridgehead atoms. The van der Waals surface area contributed by atoms with Gasteiger partial charge in [0.1, 0.15) is 34.3 Å². The topological polar surface area (TPSA) is 73.6 Å². The van der Waals surface area contributed by atoms with Gasteiger partial charge in [0, 0.05) is 12.7 Å². The van der Waals surface area contributed by atoms with Gasteiger partial charge in [0.2, 0.25) is 0 Å². The van der Waals surface area contributed by atoms with Crippen LogP contribution in [0.15, 0.2) is 29.0 Å². The predicted molar refractivity (Wildman–Crippen MR) is 73.7 cm³/mol. The monoisotopic (exact) mass is 321 g/mol. The van der Waals surface area contributed by atoms with Crippen molar-refractivity contribution in [3.8, 4) is 6.07 Å². The molecule has 0 spiro atoms. The molecular weight excluding hydrogens is 313 g/mol. The van der Waals surface area contributed by atoms with Gasteiger partial charge in [-0.25, -0.2) is 14.4 Å². The SMILES string of the molecule is CNc1ncnc(Nc2ccc(F)c(C#N)c2)c1Br. The Morgan fingerprint density at radius 2 is 2.05 bits per heavy atom. The van der Waals surface area contributed by atoms with Crippen LogP contribution < -0.4 is 10.6 Å². The van der Waals surface area contributed by atoms with Crippen molar-refractivity contribution >= 4 is 33.3 Å². The Morgan fingerprint density at radius 3 is 2.74 bits per heavy atom. The maximum atomic E-state index is 13.2. The van der Waals surface area contributed by atoms with E-state index in [1.54, 1.807) is 13.1 Å². The number of nitriles is 1. The van der Waals surface area contributed by atoms with Crippen molar-refractivity contribution in [1.82, 2.24) is 9.97 Å². The van der Waals surface area contributed by atoms with Crippen LogP contribution in [0.4, 0.5) is 21.7 Å². The standard InChI is InChI=1S/C12H9BrFN5/c1-16-11-10(13)12(18-6-17-11)19-8-2-3-9(14)7(4-8)5-15/h2-4,6H,1H3,(H2,16,17,18,19). The van der Waals surface area contributed by atoms with Crippen LogP contribution in [0.2, 0.25) is 0 Å². The number of hydrogen-bond donors (Lipinski definition) is 2. The lowest BCUT2D eigenvalue weighted by Gasteiger charge is -2.10. The van der Waals surface area contributed by atoms with E-state index >= 15 is 0 Å². The summed E-state index contributed by atoms with van der Waals surface area (Å²) in [4.78, 5) is 8.10. The molecule has 96 valence electrons. The van der Waals surface area contributed by atoms with Crippen LogP contribution in [-0.4, -0.2) is 17.0 Å². The summed E-state index contributed by atoms with van der Waals surface area (Å²) in [5, 5.41) is 14.7. The maximum Gasteiger partial charge on any atom is 0.150 e. The molecule has 2 rings (SSSR count). The van der Waals surface area contributed by atoms with E-state index < -0.39 is 5.82 Å². The molecule has 0 unspecified atom stereocenters. The van der Waals surface area contributed by atoms with Gasteiger partial charge < -0.3 is 10.6 Å². The normalized spacial score (nSPS) is 9.79. The van der Waals surface area contributed by atoms with Crippen molar-refractivity contribution in [3.05, 3.63) is 40.4 Å². The van der Waals surface area contributed by atoms with Crippen LogP contribution in [0, 0.1) is 17.1 Å². The Hall–Kier alpha value is -2.20. The van der Waals surface area contributed by atoms with Crippen LogP contribution in [-0.2, 0) is 0 Å². The third-order valence-corrected chi connectivity index (χ3v) is 3.13. The average Bonchev–Trinajstić information content (AvgIpc) is 2.43. The van der Waals surface area contributed by atoms with Crippen LogP contribution in [0.3, 0.4) is 0 Å².